The lowest BCUT2D eigenvalue weighted by molar-refractivity contribution is -0.121. The molecule has 2 heterocycles. The van der Waals surface area contributed by atoms with Crippen molar-refractivity contribution in [3.05, 3.63) is 62.5 Å². The molecule has 0 saturated carbocycles. The highest BCUT2D eigenvalue weighted by atomic mass is 32.1. The average molecular weight is 424 g/mol. The number of carbonyl (C=O) groups excluding carboxylic acids is 1. The number of aromatic nitrogens is 2. The van der Waals surface area contributed by atoms with Crippen molar-refractivity contribution in [3.63, 3.8) is 0 Å². The number of benzene rings is 1. The van der Waals surface area contributed by atoms with E-state index in [0.29, 0.717) is 24.6 Å². The molecular weight excluding hydrogens is 394 g/mol. The zero-order valence-corrected chi connectivity index (χ0v) is 18.5. The number of hydrogen-bond donors (Lipinski definition) is 2. The van der Waals surface area contributed by atoms with Gasteiger partial charge in [0.2, 0.25) is 5.91 Å². The number of nitrogens with zero attached hydrogens (tertiary/aromatic N) is 1. The lowest BCUT2D eigenvalue weighted by atomic mass is 9.97. The van der Waals surface area contributed by atoms with Gasteiger partial charge in [0, 0.05) is 17.7 Å². The number of nitrogens with one attached hydrogen (secondary N) is 2. The van der Waals surface area contributed by atoms with Crippen LogP contribution in [0.2, 0.25) is 0 Å². The summed E-state index contributed by atoms with van der Waals surface area (Å²) in [5.74, 6) is 1.06. The lowest BCUT2D eigenvalue weighted by Gasteiger charge is -2.21. The molecule has 1 amide bonds. The van der Waals surface area contributed by atoms with Crippen LogP contribution in [0, 0.1) is 5.92 Å². The largest absolute Gasteiger partial charge is 0.349 e. The number of fused-ring (bicyclic) bond motifs is 3. The van der Waals surface area contributed by atoms with Gasteiger partial charge < -0.3 is 10.3 Å². The highest BCUT2D eigenvalue weighted by Gasteiger charge is 2.20. The number of aryl methyl sites for hydroxylation is 3. The Kier molecular flexibility index (Phi) is 6.32. The Morgan fingerprint density at radius 3 is 2.73 bits per heavy atom. The first-order valence-electron chi connectivity index (χ1n) is 10.9. The minimum Gasteiger partial charge on any atom is -0.349 e. The zero-order valence-electron chi connectivity index (χ0n) is 17.7. The summed E-state index contributed by atoms with van der Waals surface area (Å²) in [6, 6.07) is 10.1. The second kappa shape index (κ2) is 9.13. The third-order valence-electron chi connectivity index (χ3n) is 5.71. The van der Waals surface area contributed by atoms with Gasteiger partial charge in [0.05, 0.1) is 11.4 Å². The minimum atomic E-state index is -0.0585. The zero-order chi connectivity index (χ0) is 21.1. The van der Waals surface area contributed by atoms with E-state index in [2.05, 4.69) is 41.3 Å². The van der Waals surface area contributed by atoms with Crippen LogP contribution in [-0.4, -0.2) is 15.9 Å². The first kappa shape index (κ1) is 20.8. The highest BCUT2D eigenvalue weighted by molar-refractivity contribution is 7.18. The van der Waals surface area contributed by atoms with E-state index >= 15 is 0 Å². The van der Waals surface area contributed by atoms with E-state index in [1.54, 1.807) is 11.3 Å². The number of carbonyl (C=O) groups is 1. The van der Waals surface area contributed by atoms with Gasteiger partial charge in [-0.25, -0.2) is 4.98 Å². The van der Waals surface area contributed by atoms with Gasteiger partial charge in [0.1, 0.15) is 10.7 Å². The lowest BCUT2D eigenvalue weighted by Crippen LogP contribution is -2.30. The van der Waals surface area contributed by atoms with Crippen molar-refractivity contribution in [2.75, 3.05) is 0 Å². The second-order valence-corrected chi connectivity index (χ2v) is 9.65. The van der Waals surface area contributed by atoms with Crippen molar-refractivity contribution in [2.24, 2.45) is 5.92 Å². The number of thiophene rings is 1. The maximum absolute atomic E-state index is 12.7. The van der Waals surface area contributed by atoms with Crippen LogP contribution in [0.5, 0.6) is 0 Å². The Morgan fingerprint density at radius 1 is 1.20 bits per heavy atom. The molecule has 1 aliphatic rings. The van der Waals surface area contributed by atoms with Gasteiger partial charge in [-0.3, -0.25) is 9.59 Å². The fraction of sp³-hybridized carbons (Fsp3) is 0.458. The fourth-order valence-corrected chi connectivity index (χ4v) is 5.54. The molecule has 0 aliphatic heterocycles. The smallest absolute Gasteiger partial charge is 0.259 e. The van der Waals surface area contributed by atoms with Crippen molar-refractivity contribution in [2.45, 2.75) is 64.8 Å². The molecule has 5 nitrogen and oxygen atoms in total. The van der Waals surface area contributed by atoms with E-state index in [0.717, 1.165) is 41.5 Å². The molecule has 2 N–H and O–H groups in total. The third-order valence-corrected chi connectivity index (χ3v) is 6.89. The Bertz CT molecular complexity index is 1090. The SMILES string of the molecule is CC(C)C[C@@H](NC(=O)CCc1nc2sc3c(c2c(=O)[nH]1)CCCC3)c1ccccc1. The van der Waals surface area contributed by atoms with Crippen molar-refractivity contribution >= 4 is 27.5 Å². The third kappa shape index (κ3) is 4.64. The summed E-state index contributed by atoms with van der Waals surface area (Å²) >= 11 is 1.65. The van der Waals surface area contributed by atoms with Crippen LogP contribution >= 0.6 is 11.3 Å². The molecule has 30 heavy (non-hydrogen) atoms. The predicted octanol–water partition coefficient (Wildman–Crippen LogP) is 4.70. The van der Waals surface area contributed by atoms with Crippen molar-refractivity contribution in [3.8, 4) is 0 Å². The number of rotatable bonds is 7. The Hall–Kier alpha value is -2.47. The van der Waals surface area contributed by atoms with E-state index in [9.17, 15) is 9.59 Å². The molecule has 2 aromatic heterocycles. The van der Waals surface area contributed by atoms with E-state index in [1.807, 2.05) is 18.2 Å². The summed E-state index contributed by atoms with van der Waals surface area (Å²) in [7, 11) is 0. The predicted molar refractivity (Wildman–Crippen MR) is 122 cm³/mol. The first-order valence-corrected chi connectivity index (χ1v) is 11.7. The van der Waals surface area contributed by atoms with Crippen molar-refractivity contribution < 1.29 is 4.79 Å². The van der Waals surface area contributed by atoms with E-state index < -0.39 is 0 Å². The van der Waals surface area contributed by atoms with Crippen LogP contribution in [0.3, 0.4) is 0 Å². The molecule has 1 aromatic carbocycles. The monoisotopic (exact) mass is 423 g/mol. The average Bonchev–Trinajstić information content (AvgIpc) is 3.11. The summed E-state index contributed by atoms with van der Waals surface area (Å²) in [6.07, 6.45) is 5.97. The number of hydrogen-bond acceptors (Lipinski definition) is 4. The molecule has 0 bridgehead atoms. The summed E-state index contributed by atoms with van der Waals surface area (Å²) in [4.78, 5) is 35.1. The Balaban J connectivity index is 1.45. The Morgan fingerprint density at radius 2 is 1.97 bits per heavy atom. The fourth-order valence-electron chi connectivity index (χ4n) is 4.26. The van der Waals surface area contributed by atoms with Gasteiger partial charge in [0.15, 0.2) is 0 Å². The molecule has 0 saturated heterocycles. The molecule has 0 fully saturated rings. The standard InChI is InChI=1S/C24H29N3O2S/c1-15(2)14-18(16-8-4-3-5-9-16)25-21(28)13-12-20-26-23(29)22-17-10-6-7-11-19(17)30-24(22)27-20/h3-5,8-9,15,18H,6-7,10-14H2,1-2H3,(H,25,28)(H,26,27,29)/t18-/m1/s1. The minimum absolute atomic E-state index is 0.00258. The molecular formula is C24H29N3O2S. The van der Waals surface area contributed by atoms with Crippen LogP contribution in [0.15, 0.2) is 35.1 Å². The van der Waals surface area contributed by atoms with Crippen LogP contribution < -0.4 is 10.9 Å². The number of amides is 1. The topological polar surface area (TPSA) is 74.8 Å². The van der Waals surface area contributed by atoms with Crippen LogP contribution in [0.25, 0.3) is 10.2 Å². The summed E-state index contributed by atoms with van der Waals surface area (Å²) < 4.78 is 0. The van der Waals surface area contributed by atoms with E-state index in [4.69, 9.17) is 0 Å². The summed E-state index contributed by atoms with van der Waals surface area (Å²) in [6.45, 7) is 4.32. The maximum Gasteiger partial charge on any atom is 0.259 e. The van der Waals surface area contributed by atoms with Crippen LogP contribution in [0.4, 0.5) is 0 Å². The summed E-state index contributed by atoms with van der Waals surface area (Å²) in [5.41, 5.74) is 2.26. The molecule has 158 valence electrons. The van der Waals surface area contributed by atoms with Gasteiger partial charge >= 0.3 is 0 Å². The van der Waals surface area contributed by atoms with Gasteiger partial charge in [-0.2, -0.15) is 0 Å². The Labute approximate surface area is 180 Å². The van der Waals surface area contributed by atoms with Crippen LogP contribution in [-0.2, 0) is 24.1 Å². The first-order chi connectivity index (χ1) is 14.5. The normalized spacial score (nSPS) is 14.6. The van der Waals surface area contributed by atoms with Gasteiger partial charge in [-0.15, -0.1) is 11.3 Å². The quantitative estimate of drug-likeness (QED) is 0.578. The van der Waals surface area contributed by atoms with Crippen LogP contribution in [0.1, 0.15) is 67.4 Å². The molecule has 1 aliphatic carbocycles. The number of aromatic amines is 1. The highest BCUT2D eigenvalue weighted by Crippen LogP contribution is 2.33. The molecule has 4 rings (SSSR count). The van der Waals surface area contributed by atoms with Crippen molar-refractivity contribution in [1.29, 1.82) is 0 Å². The molecule has 0 radical (unpaired) electrons. The van der Waals surface area contributed by atoms with Gasteiger partial charge in [-0.05, 0) is 49.1 Å². The van der Waals surface area contributed by atoms with Crippen molar-refractivity contribution in [1.82, 2.24) is 15.3 Å². The number of H-pyrrole nitrogens is 1. The molecule has 0 unspecified atom stereocenters. The molecule has 3 aromatic rings. The molecule has 1 atom stereocenters. The molecule has 0 spiro atoms. The second-order valence-electron chi connectivity index (χ2n) is 8.56. The van der Waals surface area contributed by atoms with Gasteiger partial charge in [-0.1, -0.05) is 44.2 Å². The maximum atomic E-state index is 12.7. The summed E-state index contributed by atoms with van der Waals surface area (Å²) in [5, 5.41) is 3.94. The molecule has 6 heteroatoms. The van der Waals surface area contributed by atoms with E-state index in [1.165, 1.54) is 16.9 Å². The van der Waals surface area contributed by atoms with Gasteiger partial charge in [0.25, 0.3) is 5.56 Å². The van der Waals surface area contributed by atoms with E-state index in [-0.39, 0.29) is 17.5 Å².